The lowest BCUT2D eigenvalue weighted by Crippen LogP contribution is -2.24. The number of amides is 1. The van der Waals surface area contributed by atoms with Crippen molar-refractivity contribution in [3.8, 4) is 0 Å². The van der Waals surface area contributed by atoms with Gasteiger partial charge in [0.05, 0.1) is 0 Å². The summed E-state index contributed by atoms with van der Waals surface area (Å²) in [4.78, 5) is 13.1. The van der Waals surface area contributed by atoms with Crippen LogP contribution in [0.25, 0.3) is 10.9 Å². The molecule has 0 aliphatic rings. The molecular formula is C33H32N2O. The fourth-order valence-corrected chi connectivity index (χ4v) is 4.96. The van der Waals surface area contributed by atoms with Gasteiger partial charge in [0.2, 0.25) is 5.91 Å². The quantitative estimate of drug-likeness (QED) is 0.231. The third-order valence-electron chi connectivity index (χ3n) is 6.84. The smallest absolute Gasteiger partial charge is 0.220 e. The van der Waals surface area contributed by atoms with Gasteiger partial charge in [0.25, 0.3) is 0 Å². The first-order valence-corrected chi connectivity index (χ1v) is 12.7. The summed E-state index contributed by atoms with van der Waals surface area (Å²) < 4.78 is 2.33. The van der Waals surface area contributed by atoms with Gasteiger partial charge in [-0.3, -0.25) is 4.79 Å². The molecule has 0 aliphatic heterocycles. The first kappa shape index (κ1) is 23.6. The van der Waals surface area contributed by atoms with Crippen LogP contribution in [0.2, 0.25) is 0 Å². The molecule has 0 fully saturated rings. The monoisotopic (exact) mass is 472 g/mol. The molecule has 1 atom stereocenters. The van der Waals surface area contributed by atoms with Gasteiger partial charge < -0.3 is 9.88 Å². The Kier molecular flexibility index (Phi) is 7.58. The Labute approximate surface area is 213 Å². The summed E-state index contributed by atoms with van der Waals surface area (Å²) in [6.07, 6.45) is 4.61. The second-order valence-electron chi connectivity index (χ2n) is 9.40. The van der Waals surface area contributed by atoms with E-state index in [0.717, 1.165) is 24.9 Å². The number of carbonyl (C=O) groups is 1. The van der Waals surface area contributed by atoms with Crippen molar-refractivity contribution in [1.29, 1.82) is 0 Å². The van der Waals surface area contributed by atoms with Crippen LogP contribution in [-0.2, 0) is 24.3 Å². The summed E-state index contributed by atoms with van der Waals surface area (Å²) in [7, 11) is 0. The number of nitrogens with zero attached hydrogens (tertiary/aromatic N) is 1. The van der Waals surface area contributed by atoms with Crippen LogP contribution >= 0.6 is 0 Å². The van der Waals surface area contributed by atoms with Gasteiger partial charge in [0.1, 0.15) is 0 Å². The second-order valence-corrected chi connectivity index (χ2v) is 9.40. The average molecular weight is 473 g/mol. The highest BCUT2D eigenvalue weighted by molar-refractivity contribution is 5.86. The highest BCUT2D eigenvalue weighted by Gasteiger charge is 2.21. The lowest BCUT2D eigenvalue weighted by atomic mass is 9.89. The number of aryl methyl sites for hydroxylation is 1. The summed E-state index contributed by atoms with van der Waals surface area (Å²) in [6, 6.07) is 39.8. The number of fused-ring (bicyclic) bond motifs is 1. The molecule has 5 rings (SSSR count). The van der Waals surface area contributed by atoms with E-state index in [-0.39, 0.29) is 11.8 Å². The molecule has 3 nitrogen and oxygen atoms in total. The molecule has 5 aromatic rings. The molecule has 0 bridgehead atoms. The highest BCUT2D eigenvalue weighted by Crippen LogP contribution is 2.33. The maximum absolute atomic E-state index is 13.1. The van der Waals surface area contributed by atoms with Crippen LogP contribution in [0.4, 0.5) is 0 Å². The van der Waals surface area contributed by atoms with E-state index in [1.54, 1.807) is 0 Å². The first-order chi connectivity index (χ1) is 17.8. The Morgan fingerprint density at radius 1 is 0.694 bits per heavy atom. The molecule has 180 valence electrons. The second kappa shape index (κ2) is 11.5. The standard InChI is InChI=1S/C33H32N2O/c36-33(34-23-27-14-6-2-7-15-27)22-29(21-20-26-12-4-1-5-13-26)31-25-35(24-28-16-8-3-9-17-28)32-19-11-10-18-30(31)32/h1-19,25,29H,20-24H2,(H,34,36). The summed E-state index contributed by atoms with van der Waals surface area (Å²) in [6.45, 7) is 1.37. The third kappa shape index (κ3) is 5.92. The fourth-order valence-electron chi connectivity index (χ4n) is 4.96. The molecular weight excluding hydrogens is 440 g/mol. The molecule has 1 heterocycles. The van der Waals surface area contributed by atoms with Crippen molar-refractivity contribution < 1.29 is 4.79 Å². The summed E-state index contributed by atoms with van der Waals surface area (Å²) >= 11 is 0. The van der Waals surface area contributed by atoms with Gasteiger partial charge in [0, 0.05) is 36.6 Å². The van der Waals surface area contributed by atoms with E-state index in [2.05, 4.69) is 101 Å². The van der Waals surface area contributed by atoms with E-state index >= 15 is 0 Å². The molecule has 36 heavy (non-hydrogen) atoms. The Morgan fingerprint density at radius 3 is 1.97 bits per heavy atom. The van der Waals surface area contributed by atoms with E-state index in [0.29, 0.717) is 13.0 Å². The normalized spacial score (nSPS) is 11.9. The number of para-hydroxylation sites is 1. The number of carbonyl (C=O) groups excluding carboxylic acids is 1. The van der Waals surface area contributed by atoms with Crippen LogP contribution in [0, 0.1) is 0 Å². The zero-order valence-electron chi connectivity index (χ0n) is 20.5. The van der Waals surface area contributed by atoms with Crippen molar-refractivity contribution in [1.82, 2.24) is 9.88 Å². The zero-order valence-corrected chi connectivity index (χ0v) is 20.5. The largest absolute Gasteiger partial charge is 0.352 e. The predicted octanol–water partition coefficient (Wildman–Crippen LogP) is 7.11. The van der Waals surface area contributed by atoms with Crippen LogP contribution in [0.1, 0.15) is 41.0 Å². The zero-order chi connectivity index (χ0) is 24.6. The molecule has 1 unspecified atom stereocenters. The van der Waals surface area contributed by atoms with E-state index in [1.807, 2.05) is 30.3 Å². The molecule has 0 spiro atoms. The van der Waals surface area contributed by atoms with Crippen LogP contribution in [0.3, 0.4) is 0 Å². The van der Waals surface area contributed by atoms with Crippen molar-refractivity contribution in [2.45, 2.75) is 38.3 Å². The Bertz CT molecular complexity index is 1390. The van der Waals surface area contributed by atoms with E-state index in [4.69, 9.17) is 0 Å². The van der Waals surface area contributed by atoms with Gasteiger partial charge in [-0.05, 0) is 47.1 Å². The van der Waals surface area contributed by atoms with Crippen molar-refractivity contribution in [2.24, 2.45) is 0 Å². The predicted molar refractivity (Wildman–Crippen MR) is 148 cm³/mol. The van der Waals surface area contributed by atoms with Gasteiger partial charge in [-0.25, -0.2) is 0 Å². The molecule has 0 saturated carbocycles. The Morgan fingerprint density at radius 2 is 1.28 bits per heavy atom. The van der Waals surface area contributed by atoms with Crippen LogP contribution in [0.5, 0.6) is 0 Å². The van der Waals surface area contributed by atoms with Crippen LogP contribution < -0.4 is 5.32 Å². The fraction of sp³-hybridized carbons (Fsp3) is 0.182. The molecule has 3 heteroatoms. The molecule has 0 radical (unpaired) electrons. The van der Waals surface area contributed by atoms with Crippen LogP contribution in [0.15, 0.2) is 121 Å². The Balaban J connectivity index is 1.41. The topological polar surface area (TPSA) is 34.0 Å². The van der Waals surface area contributed by atoms with Crippen molar-refractivity contribution in [3.05, 3.63) is 144 Å². The van der Waals surface area contributed by atoms with Gasteiger partial charge in [-0.15, -0.1) is 0 Å². The Hall–Kier alpha value is -4.11. The minimum absolute atomic E-state index is 0.0943. The first-order valence-electron chi connectivity index (χ1n) is 12.7. The van der Waals surface area contributed by atoms with Gasteiger partial charge in [0.15, 0.2) is 0 Å². The van der Waals surface area contributed by atoms with E-state index in [9.17, 15) is 4.79 Å². The minimum atomic E-state index is 0.0943. The molecule has 0 saturated heterocycles. The number of nitrogens with one attached hydrogen (secondary N) is 1. The number of rotatable bonds is 10. The number of hydrogen-bond acceptors (Lipinski definition) is 1. The molecule has 4 aromatic carbocycles. The van der Waals surface area contributed by atoms with Crippen molar-refractivity contribution in [2.75, 3.05) is 0 Å². The lowest BCUT2D eigenvalue weighted by molar-refractivity contribution is -0.121. The van der Waals surface area contributed by atoms with Gasteiger partial charge >= 0.3 is 0 Å². The minimum Gasteiger partial charge on any atom is -0.352 e. The molecule has 1 amide bonds. The maximum Gasteiger partial charge on any atom is 0.220 e. The van der Waals surface area contributed by atoms with Crippen molar-refractivity contribution in [3.63, 3.8) is 0 Å². The van der Waals surface area contributed by atoms with Gasteiger partial charge in [-0.1, -0.05) is 109 Å². The van der Waals surface area contributed by atoms with Gasteiger partial charge in [-0.2, -0.15) is 0 Å². The third-order valence-corrected chi connectivity index (χ3v) is 6.84. The molecule has 1 aromatic heterocycles. The van der Waals surface area contributed by atoms with E-state index < -0.39 is 0 Å². The highest BCUT2D eigenvalue weighted by atomic mass is 16.1. The number of hydrogen-bond donors (Lipinski definition) is 1. The summed E-state index contributed by atoms with van der Waals surface area (Å²) in [5.74, 6) is 0.222. The number of benzene rings is 4. The summed E-state index contributed by atoms with van der Waals surface area (Å²) in [5, 5.41) is 4.38. The van der Waals surface area contributed by atoms with Crippen molar-refractivity contribution >= 4 is 16.8 Å². The van der Waals surface area contributed by atoms with E-state index in [1.165, 1.54) is 27.6 Å². The molecule has 1 N–H and O–H groups in total. The SMILES string of the molecule is O=C(CC(CCc1ccccc1)c1cn(Cc2ccccc2)c2ccccc12)NCc1ccccc1. The lowest BCUT2D eigenvalue weighted by Gasteiger charge is -2.17. The average Bonchev–Trinajstić information content (AvgIpc) is 3.30. The number of aromatic nitrogens is 1. The maximum atomic E-state index is 13.1. The van der Waals surface area contributed by atoms with Crippen LogP contribution in [-0.4, -0.2) is 10.5 Å². The molecule has 0 aliphatic carbocycles. The summed E-state index contributed by atoms with van der Waals surface area (Å²) in [5.41, 5.74) is 6.16.